The summed E-state index contributed by atoms with van der Waals surface area (Å²) < 4.78 is 1.52. The molecule has 0 saturated heterocycles. The second-order valence-corrected chi connectivity index (χ2v) is 7.10. The van der Waals surface area contributed by atoms with Gasteiger partial charge in [0.15, 0.2) is 0 Å². The van der Waals surface area contributed by atoms with Gasteiger partial charge in [-0.2, -0.15) is 0 Å². The zero-order valence-electron chi connectivity index (χ0n) is 15.7. The van der Waals surface area contributed by atoms with Crippen LogP contribution in [0.4, 0.5) is 0 Å². The highest BCUT2D eigenvalue weighted by Gasteiger charge is 2.20. The monoisotopic (exact) mass is 375 g/mol. The Hall–Kier alpha value is -3.55. The van der Waals surface area contributed by atoms with Crippen LogP contribution in [0.15, 0.2) is 54.9 Å². The van der Waals surface area contributed by atoms with Gasteiger partial charge in [0.05, 0.1) is 22.8 Å². The fourth-order valence-corrected chi connectivity index (χ4v) is 3.16. The largest absolute Gasteiger partial charge is 0.342 e. The van der Waals surface area contributed by atoms with Crippen molar-refractivity contribution < 1.29 is 4.79 Å². The second-order valence-electron chi connectivity index (χ2n) is 7.10. The molecule has 142 valence electrons. The van der Waals surface area contributed by atoms with Crippen LogP contribution in [0.1, 0.15) is 42.5 Å². The van der Waals surface area contributed by atoms with Gasteiger partial charge in [0.1, 0.15) is 12.2 Å². The standard InChI is InChI=1S/C20H21N7O/c1-13(2)10-18(19-22-16-8-3-4-9-17(16)23-19)24-20(28)14-6-5-7-15(11-14)27-12-21-25-26-27/h3-9,11-13,18H,10H2,1-2H3,(H,22,23)(H,24,28). The molecule has 1 amide bonds. The number of hydrogen-bond donors (Lipinski definition) is 2. The van der Waals surface area contributed by atoms with Crippen LogP contribution in [0, 0.1) is 5.92 Å². The van der Waals surface area contributed by atoms with E-state index in [-0.39, 0.29) is 11.9 Å². The van der Waals surface area contributed by atoms with Crippen LogP contribution in [0.5, 0.6) is 0 Å². The number of nitrogens with one attached hydrogen (secondary N) is 2. The summed E-state index contributed by atoms with van der Waals surface area (Å²) >= 11 is 0. The molecule has 0 spiro atoms. The van der Waals surface area contributed by atoms with Crippen LogP contribution in [0.3, 0.4) is 0 Å². The lowest BCUT2D eigenvalue weighted by Gasteiger charge is -2.19. The number of carbonyl (C=O) groups excluding carboxylic acids is 1. The van der Waals surface area contributed by atoms with Gasteiger partial charge in [0.2, 0.25) is 0 Å². The summed E-state index contributed by atoms with van der Waals surface area (Å²) in [6.45, 7) is 4.25. The molecule has 0 radical (unpaired) electrons. The first kappa shape index (κ1) is 17.8. The van der Waals surface area contributed by atoms with Crippen LogP contribution < -0.4 is 5.32 Å². The molecule has 0 aliphatic carbocycles. The number of nitrogens with zero attached hydrogens (tertiary/aromatic N) is 5. The van der Waals surface area contributed by atoms with Crippen molar-refractivity contribution in [2.75, 3.05) is 0 Å². The first-order chi connectivity index (χ1) is 13.6. The molecule has 2 N–H and O–H groups in total. The van der Waals surface area contributed by atoms with E-state index in [1.807, 2.05) is 36.4 Å². The Labute approximate surface area is 162 Å². The number of rotatable bonds is 6. The number of aromatic nitrogens is 6. The van der Waals surface area contributed by atoms with E-state index in [4.69, 9.17) is 0 Å². The summed E-state index contributed by atoms with van der Waals surface area (Å²) in [6, 6.07) is 14.8. The van der Waals surface area contributed by atoms with Gasteiger partial charge in [-0.1, -0.05) is 32.0 Å². The van der Waals surface area contributed by atoms with Gasteiger partial charge in [-0.05, 0) is 53.1 Å². The van der Waals surface area contributed by atoms with Gasteiger partial charge >= 0.3 is 0 Å². The van der Waals surface area contributed by atoms with Crippen molar-refractivity contribution in [1.82, 2.24) is 35.5 Å². The highest BCUT2D eigenvalue weighted by atomic mass is 16.1. The molecule has 28 heavy (non-hydrogen) atoms. The minimum absolute atomic E-state index is 0.166. The molecule has 2 heterocycles. The molecular formula is C20H21N7O. The lowest BCUT2D eigenvalue weighted by Crippen LogP contribution is -2.30. The Balaban J connectivity index is 1.60. The summed E-state index contributed by atoms with van der Waals surface area (Å²) in [6.07, 6.45) is 2.27. The minimum atomic E-state index is -0.211. The molecule has 0 fully saturated rings. The lowest BCUT2D eigenvalue weighted by atomic mass is 10.0. The Morgan fingerprint density at radius 2 is 2.04 bits per heavy atom. The van der Waals surface area contributed by atoms with E-state index in [1.165, 1.54) is 11.0 Å². The summed E-state index contributed by atoms with van der Waals surface area (Å²) in [7, 11) is 0. The molecule has 2 aromatic carbocycles. The van der Waals surface area contributed by atoms with E-state index in [2.05, 4.69) is 44.7 Å². The predicted molar refractivity (Wildman–Crippen MR) is 105 cm³/mol. The van der Waals surface area contributed by atoms with Crippen LogP contribution in [0.25, 0.3) is 16.7 Å². The maximum Gasteiger partial charge on any atom is 0.251 e. The third kappa shape index (κ3) is 3.75. The van der Waals surface area contributed by atoms with Crippen molar-refractivity contribution in [3.8, 4) is 5.69 Å². The topological polar surface area (TPSA) is 101 Å². The number of tetrazole rings is 1. The van der Waals surface area contributed by atoms with E-state index in [9.17, 15) is 4.79 Å². The molecule has 2 aromatic heterocycles. The fraction of sp³-hybridized carbons (Fsp3) is 0.250. The SMILES string of the molecule is CC(C)CC(NC(=O)c1cccc(-n2cnnn2)c1)c1nc2ccccc2[nH]1. The van der Waals surface area contributed by atoms with Gasteiger partial charge in [0, 0.05) is 5.56 Å². The number of para-hydroxylation sites is 2. The predicted octanol–water partition coefficient (Wildman–Crippen LogP) is 3.06. The lowest BCUT2D eigenvalue weighted by molar-refractivity contribution is 0.0930. The molecule has 8 nitrogen and oxygen atoms in total. The van der Waals surface area contributed by atoms with Crippen molar-refractivity contribution in [3.63, 3.8) is 0 Å². The summed E-state index contributed by atoms with van der Waals surface area (Å²) in [4.78, 5) is 20.9. The molecular weight excluding hydrogens is 354 g/mol. The van der Waals surface area contributed by atoms with Gasteiger partial charge < -0.3 is 10.3 Å². The number of amides is 1. The zero-order valence-corrected chi connectivity index (χ0v) is 15.7. The first-order valence-electron chi connectivity index (χ1n) is 9.19. The smallest absolute Gasteiger partial charge is 0.251 e. The molecule has 4 rings (SSSR count). The number of carbonyl (C=O) groups is 1. The number of aromatic amines is 1. The van der Waals surface area contributed by atoms with Gasteiger partial charge in [0.25, 0.3) is 5.91 Å². The molecule has 0 saturated carbocycles. The van der Waals surface area contributed by atoms with Crippen molar-refractivity contribution in [2.24, 2.45) is 5.92 Å². The quantitative estimate of drug-likeness (QED) is 0.539. The third-order valence-corrected chi connectivity index (χ3v) is 4.47. The number of benzene rings is 2. The first-order valence-corrected chi connectivity index (χ1v) is 9.19. The average Bonchev–Trinajstić information content (AvgIpc) is 3.37. The van der Waals surface area contributed by atoms with Crippen molar-refractivity contribution in [3.05, 3.63) is 66.2 Å². The van der Waals surface area contributed by atoms with Crippen molar-refractivity contribution in [1.29, 1.82) is 0 Å². The number of imidazole rings is 1. The highest BCUT2D eigenvalue weighted by Crippen LogP contribution is 2.22. The number of H-pyrrole nitrogens is 1. The van der Waals surface area contributed by atoms with Crippen molar-refractivity contribution >= 4 is 16.9 Å². The van der Waals surface area contributed by atoms with Crippen LogP contribution in [-0.2, 0) is 0 Å². The average molecular weight is 375 g/mol. The van der Waals surface area contributed by atoms with Crippen LogP contribution in [0.2, 0.25) is 0 Å². The fourth-order valence-electron chi connectivity index (χ4n) is 3.16. The Morgan fingerprint density at radius 3 is 2.79 bits per heavy atom. The molecule has 1 atom stereocenters. The molecule has 1 unspecified atom stereocenters. The number of hydrogen-bond acceptors (Lipinski definition) is 5. The maximum absolute atomic E-state index is 12.9. The maximum atomic E-state index is 12.9. The van der Waals surface area contributed by atoms with Gasteiger partial charge in [-0.3, -0.25) is 4.79 Å². The van der Waals surface area contributed by atoms with E-state index in [1.54, 1.807) is 12.1 Å². The summed E-state index contributed by atoms with van der Waals surface area (Å²) in [5.41, 5.74) is 3.11. The van der Waals surface area contributed by atoms with E-state index in [0.29, 0.717) is 11.5 Å². The van der Waals surface area contributed by atoms with Crippen molar-refractivity contribution in [2.45, 2.75) is 26.3 Å². The Bertz CT molecular complexity index is 1050. The third-order valence-electron chi connectivity index (χ3n) is 4.47. The number of fused-ring (bicyclic) bond motifs is 1. The van der Waals surface area contributed by atoms with Gasteiger partial charge in [-0.15, -0.1) is 5.10 Å². The Morgan fingerprint density at radius 1 is 1.18 bits per heavy atom. The van der Waals surface area contributed by atoms with Crippen LogP contribution in [-0.4, -0.2) is 36.1 Å². The molecule has 8 heteroatoms. The molecule has 0 aliphatic heterocycles. The van der Waals surface area contributed by atoms with Gasteiger partial charge in [-0.25, -0.2) is 9.67 Å². The summed E-state index contributed by atoms with van der Waals surface area (Å²) in [5, 5.41) is 14.3. The molecule has 0 bridgehead atoms. The minimum Gasteiger partial charge on any atom is -0.342 e. The highest BCUT2D eigenvalue weighted by molar-refractivity contribution is 5.95. The Kier molecular flexibility index (Phi) is 4.84. The van der Waals surface area contributed by atoms with E-state index < -0.39 is 0 Å². The normalized spacial score (nSPS) is 12.4. The molecule has 4 aromatic rings. The van der Waals surface area contributed by atoms with E-state index in [0.717, 1.165) is 29.0 Å². The van der Waals surface area contributed by atoms with Crippen LogP contribution >= 0.6 is 0 Å². The van der Waals surface area contributed by atoms with E-state index >= 15 is 0 Å². The molecule has 0 aliphatic rings. The zero-order chi connectivity index (χ0) is 19.5. The summed E-state index contributed by atoms with van der Waals surface area (Å²) in [5.74, 6) is 0.993. The second kappa shape index (κ2) is 7.59.